The number of hydrazone groups is 1. The summed E-state index contributed by atoms with van der Waals surface area (Å²) >= 11 is 0. The molecule has 0 aromatic heterocycles. The van der Waals surface area contributed by atoms with E-state index in [-0.39, 0.29) is 11.5 Å². The van der Waals surface area contributed by atoms with E-state index >= 15 is 0 Å². The molecule has 0 saturated carbocycles. The van der Waals surface area contributed by atoms with Crippen molar-refractivity contribution in [2.24, 2.45) is 5.10 Å². The average Bonchev–Trinajstić information content (AvgIpc) is 2.90. The first-order valence-corrected chi connectivity index (χ1v) is 7.57. The van der Waals surface area contributed by atoms with Crippen LogP contribution in [0.3, 0.4) is 0 Å². The minimum atomic E-state index is -1.30. The zero-order valence-corrected chi connectivity index (χ0v) is 13.7. The molecule has 1 aliphatic heterocycles. The highest BCUT2D eigenvalue weighted by molar-refractivity contribution is 6.32. The van der Waals surface area contributed by atoms with Crippen LogP contribution in [0, 0.1) is 0 Å². The smallest absolute Gasteiger partial charge is 0.280 e. The van der Waals surface area contributed by atoms with Gasteiger partial charge in [-0.25, -0.2) is 0 Å². The first-order valence-electron chi connectivity index (χ1n) is 7.57. The first kappa shape index (κ1) is 16.4. The molecule has 1 aliphatic rings. The van der Waals surface area contributed by atoms with E-state index < -0.39 is 5.97 Å². The van der Waals surface area contributed by atoms with Crippen LogP contribution in [0.15, 0.2) is 59.2 Å². The van der Waals surface area contributed by atoms with Crippen LogP contribution in [0.1, 0.15) is 22.8 Å². The van der Waals surface area contributed by atoms with Gasteiger partial charge in [0.2, 0.25) is 0 Å². The lowest BCUT2D eigenvalue weighted by atomic mass is 10.1. The lowest BCUT2D eigenvalue weighted by molar-refractivity contribution is -0.255. The molecule has 0 unspecified atom stereocenters. The second kappa shape index (κ2) is 6.60. The van der Waals surface area contributed by atoms with Gasteiger partial charge in [-0.1, -0.05) is 24.3 Å². The van der Waals surface area contributed by atoms with Crippen LogP contribution in [-0.2, 0) is 4.79 Å². The molecular weight excluding hydrogens is 320 g/mol. The Morgan fingerprint density at radius 2 is 1.96 bits per heavy atom. The van der Waals surface area contributed by atoms with Crippen molar-refractivity contribution in [2.75, 3.05) is 12.1 Å². The number of aromatic carboxylic acids is 1. The summed E-state index contributed by atoms with van der Waals surface area (Å²) in [6.07, 6.45) is 1.73. The highest BCUT2D eigenvalue weighted by Crippen LogP contribution is 2.26. The summed E-state index contributed by atoms with van der Waals surface area (Å²) in [5.74, 6) is -0.940. The molecule has 2 aromatic rings. The molecule has 25 heavy (non-hydrogen) atoms. The molecule has 0 spiro atoms. The summed E-state index contributed by atoms with van der Waals surface area (Å²) in [5.41, 5.74) is 2.16. The van der Waals surface area contributed by atoms with Crippen LogP contribution in [0.5, 0.6) is 5.75 Å². The lowest BCUT2D eigenvalue weighted by Gasteiger charge is -2.13. The van der Waals surface area contributed by atoms with E-state index in [0.29, 0.717) is 22.7 Å². The van der Waals surface area contributed by atoms with Gasteiger partial charge >= 0.3 is 0 Å². The van der Waals surface area contributed by atoms with Gasteiger partial charge in [0.1, 0.15) is 5.75 Å². The Labute approximate surface area is 144 Å². The predicted molar refractivity (Wildman–Crippen MR) is 92.3 cm³/mol. The standard InChI is InChI=1S/C19H16N2O4/c1-12-17(10-13-5-3-8-16(9-13)25-2)18(22)21(20-12)15-7-4-6-14(11-15)19(23)24/h3-11H,1-2H3,(H,23,24)/p-1/b17-10-. The van der Waals surface area contributed by atoms with E-state index in [1.54, 1.807) is 32.2 Å². The topological polar surface area (TPSA) is 82.0 Å². The van der Waals surface area contributed by atoms with Gasteiger partial charge < -0.3 is 14.6 Å². The molecule has 126 valence electrons. The highest BCUT2D eigenvalue weighted by atomic mass is 16.5. The summed E-state index contributed by atoms with van der Waals surface area (Å²) in [7, 11) is 1.58. The molecule has 0 fully saturated rings. The Balaban J connectivity index is 1.95. The summed E-state index contributed by atoms with van der Waals surface area (Å²) in [6, 6.07) is 13.2. The molecule has 0 N–H and O–H groups in total. The quantitative estimate of drug-likeness (QED) is 0.799. The zero-order valence-electron chi connectivity index (χ0n) is 13.7. The molecular formula is C19H15N2O4-. The van der Waals surface area contributed by atoms with Crippen molar-refractivity contribution in [3.8, 4) is 5.75 Å². The number of carbonyl (C=O) groups excluding carboxylic acids is 2. The normalized spacial score (nSPS) is 15.4. The van der Waals surface area contributed by atoms with Crippen molar-refractivity contribution >= 4 is 29.4 Å². The van der Waals surface area contributed by atoms with Crippen LogP contribution in [-0.4, -0.2) is 24.7 Å². The van der Waals surface area contributed by atoms with Crippen molar-refractivity contribution in [3.63, 3.8) is 0 Å². The van der Waals surface area contributed by atoms with E-state index in [9.17, 15) is 14.7 Å². The number of rotatable bonds is 4. The number of carboxylic acid groups (broad SMARTS) is 1. The third-order valence-electron chi connectivity index (χ3n) is 3.79. The fraction of sp³-hybridized carbons (Fsp3) is 0.105. The number of nitrogens with zero attached hydrogens (tertiary/aromatic N) is 2. The number of carbonyl (C=O) groups is 2. The lowest BCUT2D eigenvalue weighted by Crippen LogP contribution is -2.24. The Kier molecular flexibility index (Phi) is 4.35. The summed E-state index contributed by atoms with van der Waals surface area (Å²) in [4.78, 5) is 23.7. The van der Waals surface area contributed by atoms with E-state index in [0.717, 1.165) is 5.56 Å². The minimum absolute atomic E-state index is 0.0108. The number of ether oxygens (including phenoxy) is 1. The van der Waals surface area contributed by atoms with Crippen LogP contribution in [0.4, 0.5) is 5.69 Å². The monoisotopic (exact) mass is 335 g/mol. The van der Waals surface area contributed by atoms with E-state index in [1.807, 2.05) is 24.3 Å². The van der Waals surface area contributed by atoms with Gasteiger partial charge in [0.25, 0.3) is 5.91 Å². The molecule has 0 aliphatic carbocycles. The van der Waals surface area contributed by atoms with Gasteiger partial charge in [-0.05, 0) is 48.4 Å². The van der Waals surface area contributed by atoms with Gasteiger partial charge in [-0.3, -0.25) is 4.79 Å². The van der Waals surface area contributed by atoms with Crippen molar-refractivity contribution in [2.45, 2.75) is 6.92 Å². The van der Waals surface area contributed by atoms with Crippen molar-refractivity contribution in [1.29, 1.82) is 0 Å². The van der Waals surface area contributed by atoms with Crippen LogP contribution in [0.2, 0.25) is 0 Å². The molecule has 2 aromatic carbocycles. The van der Waals surface area contributed by atoms with E-state index in [2.05, 4.69) is 5.10 Å². The Morgan fingerprint density at radius 1 is 1.20 bits per heavy atom. The maximum Gasteiger partial charge on any atom is 0.280 e. The fourth-order valence-electron chi connectivity index (χ4n) is 2.52. The Hall–Kier alpha value is -3.41. The number of benzene rings is 2. The second-order valence-corrected chi connectivity index (χ2v) is 5.47. The highest BCUT2D eigenvalue weighted by Gasteiger charge is 2.28. The van der Waals surface area contributed by atoms with Crippen molar-refractivity contribution in [1.82, 2.24) is 0 Å². The number of hydrogen-bond acceptors (Lipinski definition) is 5. The molecule has 3 rings (SSSR count). The van der Waals surface area contributed by atoms with Crippen LogP contribution >= 0.6 is 0 Å². The van der Waals surface area contributed by atoms with E-state index in [1.165, 1.54) is 17.1 Å². The number of hydrogen-bond donors (Lipinski definition) is 0. The summed E-state index contributed by atoms with van der Waals surface area (Å²) in [5, 5.41) is 16.4. The molecule has 1 heterocycles. The molecule has 6 nitrogen and oxygen atoms in total. The number of carboxylic acids is 1. The van der Waals surface area contributed by atoms with Crippen molar-refractivity contribution in [3.05, 3.63) is 65.2 Å². The van der Waals surface area contributed by atoms with Gasteiger partial charge in [-0.2, -0.15) is 10.1 Å². The molecule has 0 atom stereocenters. The van der Waals surface area contributed by atoms with Gasteiger partial charge in [0.15, 0.2) is 0 Å². The van der Waals surface area contributed by atoms with Crippen LogP contribution < -0.4 is 14.9 Å². The van der Waals surface area contributed by atoms with Gasteiger partial charge in [0.05, 0.1) is 30.1 Å². The molecule has 0 saturated heterocycles. The average molecular weight is 335 g/mol. The first-order chi connectivity index (χ1) is 12.0. The summed E-state index contributed by atoms with van der Waals surface area (Å²) < 4.78 is 5.18. The third-order valence-corrected chi connectivity index (χ3v) is 3.79. The van der Waals surface area contributed by atoms with Crippen LogP contribution in [0.25, 0.3) is 6.08 Å². The SMILES string of the molecule is COc1cccc(/C=C2\C(=O)N(c3cccc(C(=O)[O-])c3)N=C2C)c1. The fourth-order valence-corrected chi connectivity index (χ4v) is 2.52. The number of methoxy groups -OCH3 is 1. The molecule has 1 amide bonds. The molecule has 0 radical (unpaired) electrons. The Morgan fingerprint density at radius 3 is 2.68 bits per heavy atom. The number of anilines is 1. The third kappa shape index (κ3) is 3.28. The number of amides is 1. The van der Waals surface area contributed by atoms with E-state index in [4.69, 9.17) is 4.74 Å². The largest absolute Gasteiger partial charge is 0.545 e. The minimum Gasteiger partial charge on any atom is -0.545 e. The second-order valence-electron chi connectivity index (χ2n) is 5.47. The van der Waals surface area contributed by atoms with Gasteiger partial charge in [-0.15, -0.1) is 0 Å². The Bertz CT molecular complexity index is 915. The maximum absolute atomic E-state index is 12.7. The maximum atomic E-state index is 12.7. The zero-order chi connectivity index (χ0) is 18.0. The molecule has 6 heteroatoms. The van der Waals surface area contributed by atoms with Crippen molar-refractivity contribution < 1.29 is 19.4 Å². The summed E-state index contributed by atoms with van der Waals surface area (Å²) in [6.45, 7) is 1.73. The van der Waals surface area contributed by atoms with Gasteiger partial charge in [0, 0.05) is 0 Å². The molecule has 0 bridgehead atoms. The predicted octanol–water partition coefficient (Wildman–Crippen LogP) is 1.86.